The molecule has 0 spiro atoms. The number of pyridine rings is 1. The van der Waals surface area contributed by atoms with Crippen LogP contribution in [-0.2, 0) is 6.42 Å². The maximum atomic E-state index is 7.18. The molecule has 52 heavy (non-hydrogen) atoms. The van der Waals surface area contributed by atoms with Gasteiger partial charge in [-0.05, 0) is 52.2 Å². The fraction of sp³-hybridized carbons (Fsp3) is 0.0244. The lowest BCUT2D eigenvalue weighted by Crippen LogP contribution is -2.11. The Bertz CT molecular complexity index is 2910. The summed E-state index contributed by atoms with van der Waals surface area (Å²) in [4.78, 5) is 18.3. The van der Waals surface area contributed by atoms with Gasteiger partial charge < -0.3 is 14.1 Å². The van der Waals surface area contributed by atoms with Crippen LogP contribution in [-0.4, -0.2) is 40.6 Å². The summed E-state index contributed by atoms with van der Waals surface area (Å²) in [6, 6.07) is 34.8. The van der Waals surface area contributed by atoms with Crippen molar-refractivity contribution in [2.24, 2.45) is 0 Å². The lowest BCUT2D eigenvalue weighted by atomic mass is 9.82. The molecule has 11 rings (SSSR count). The van der Waals surface area contributed by atoms with Crippen LogP contribution in [0.2, 0.25) is 0 Å². The summed E-state index contributed by atoms with van der Waals surface area (Å²) in [6.45, 7) is 0. The summed E-state index contributed by atoms with van der Waals surface area (Å²) in [5.41, 5.74) is 8.43. The highest BCUT2D eigenvalue weighted by Crippen LogP contribution is 2.57. The van der Waals surface area contributed by atoms with Gasteiger partial charge in [0.1, 0.15) is 33.7 Å². The van der Waals surface area contributed by atoms with E-state index in [9.17, 15) is 0 Å². The largest absolute Gasteiger partial charge is 0.456 e. The van der Waals surface area contributed by atoms with Crippen molar-refractivity contribution < 1.29 is 9.15 Å². The number of tetrazole rings is 1. The van der Waals surface area contributed by atoms with Crippen LogP contribution in [0.25, 0.3) is 87.9 Å². The van der Waals surface area contributed by atoms with Crippen LogP contribution in [0.4, 0.5) is 0 Å². The normalized spacial score (nSPS) is 12.3. The van der Waals surface area contributed by atoms with Gasteiger partial charge >= 0.3 is 0 Å². The Morgan fingerprint density at radius 3 is 2.46 bits per heavy atom. The number of hydrogen-bond donors (Lipinski definition) is 2. The second-order valence-electron chi connectivity index (χ2n) is 12.6. The van der Waals surface area contributed by atoms with Gasteiger partial charge in [-0.2, -0.15) is 0 Å². The number of benzene rings is 5. The third-order valence-electron chi connectivity index (χ3n) is 9.65. The van der Waals surface area contributed by atoms with Crippen molar-refractivity contribution in [3.8, 4) is 67.4 Å². The Morgan fingerprint density at radius 2 is 1.60 bits per heavy atom. The first-order valence-electron chi connectivity index (χ1n) is 16.7. The number of aromatic amines is 2. The summed E-state index contributed by atoms with van der Waals surface area (Å²) in [7, 11) is 0. The van der Waals surface area contributed by atoms with Crippen molar-refractivity contribution in [2.45, 2.75) is 6.42 Å². The first kappa shape index (κ1) is 28.8. The van der Waals surface area contributed by atoms with Gasteiger partial charge in [-0.3, -0.25) is 4.98 Å². The molecule has 0 fully saturated rings. The highest BCUT2D eigenvalue weighted by molar-refractivity contribution is 7.21. The van der Waals surface area contributed by atoms with Crippen LogP contribution < -0.4 is 4.74 Å². The van der Waals surface area contributed by atoms with Gasteiger partial charge in [0.25, 0.3) is 0 Å². The first-order chi connectivity index (χ1) is 25.8. The number of nitrogens with zero attached hydrogens (tertiary/aromatic N) is 6. The summed E-state index contributed by atoms with van der Waals surface area (Å²) in [5.74, 6) is 3.09. The van der Waals surface area contributed by atoms with Crippen molar-refractivity contribution >= 4 is 43.3 Å². The Kier molecular flexibility index (Phi) is 6.25. The van der Waals surface area contributed by atoms with Gasteiger partial charge in [-0.1, -0.05) is 66.7 Å². The second kappa shape index (κ2) is 11.3. The minimum Gasteiger partial charge on any atom is -0.456 e. The molecule has 0 bridgehead atoms. The second-order valence-corrected chi connectivity index (χ2v) is 13.6. The van der Waals surface area contributed by atoms with Gasteiger partial charge in [0.05, 0.1) is 27.0 Å². The van der Waals surface area contributed by atoms with Crippen LogP contribution >= 0.6 is 11.3 Å². The molecule has 6 heterocycles. The molecule has 11 heteroatoms. The molecule has 0 atom stereocenters. The van der Waals surface area contributed by atoms with E-state index in [0.29, 0.717) is 40.9 Å². The van der Waals surface area contributed by atoms with Crippen LogP contribution in [0.5, 0.6) is 11.5 Å². The van der Waals surface area contributed by atoms with E-state index in [0.717, 1.165) is 76.0 Å². The summed E-state index contributed by atoms with van der Waals surface area (Å²) in [5, 5.41) is 19.5. The Hall–Kier alpha value is -6.98. The molecule has 0 saturated carbocycles. The zero-order valence-corrected chi connectivity index (χ0v) is 28.0. The highest BCUT2D eigenvalue weighted by Gasteiger charge is 2.37. The van der Waals surface area contributed by atoms with E-state index >= 15 is 0 Å². The van der Waals surface area contributed by atoms with E-state index in [4.69, 9.17) is 19.1 Å². The lowest BCUT2D eigenvalue weighted by molar-refractivity contribution is 0.463. The van der Waals surface area contributed by atoms with Crippen LogP contribution in [0.15, 0.2) is 126 Å². The maximum Gasteiger partial charge on any atom is 0.183 e. The smallest absolute Gasteiger partial charge is 0.183 e. The van der Waals surface area contributed by atoms with Gasteiger partial charge in [0.2, 0.25) is 0 Å². The van der Waals surface area contributed by atoms with Gasteiger partial charge in [0, 0.05) is 63.6 Å². The molecule has 0 radical (unpaired) electrons. The van der Waals surface area contributed by atoms with Gasteiger partial charge in [-0.15, -0.1) is 16.4 Å². The third-order valence-corrected chi connectivity index (χ3v) is 10.7. The van der Waals surface area contributed by atoms with E-state index in [1.165, 1.54) is 0 Å². The molecule has 1 aliphatic rings. The fourth-order valence-electron chi connectivity index (χ4n) is 7.41. The predicted octanol–water partition coefficient (Wildman–Crippen LogP) is 9.86. The molecule has 5 aromatic carbocycles. The van der Waals surface area contributed by atoms with Crippen LogP contribution in [0, 0.1) is 0 Å². The number of para-hydroxylation sites is 3. The van der Waals surface area contributed by atoms with Crippen LogP contribution in [0.3, 0.4) is 0 Å². The van der Waals surface area contributed by atoms with Crippen LogP contribution in [0.1, 0.15) is 11.1 Å². The molecule has 0 aliphatic carbocycles. The summed E-state index contributed by atoms with van der Waals surface area (Å²) in [6.07, 6.45) is 5.95. The number of fused-ring (bicyclic) bond motifs is 5. The topological polar surface area (TPSA) is 131 Å². The zero-order chi connectivity index (χ0) is 34.2. The van der Waals surface area contributed by atoms with Gasteiger partial charge in [0.15, 0.2) is 5.82 Å². The lowest BCUT2D eigenvalue weighted by Gasteiger charge is -2.29. The standard InChI is InChI=1S/C41H24N8O2S/c1-3-11-25-22(8-1)16-17-42-36(25)34-32(41-45-28-13-4-6-15-31(28)52-41)27-20-24-10-7-12-26(39-43-18-19-44-39)37(24)51-38(27)35(40-46-48-49-47-40)33(34)30-21-23-9-2-5-14-29(23)50-30/h1-19,21H,20H2,(H,43,44)(H,46,47,48,49). The first-order valence-corrected chi connectivity index (χ1v) is 17.6. The van der Waals surface area contributed by atoms with E-state index in [2.05, 4.69) is 60.9 Å². The molecule has 10 nitrogen and oxygen atoms in total. The molecule has 0 amide bonds. The molecule has 1 aliphatic heterocycles. The minimum atomic E-state index is 0.433. The Morgan fingerprint density at radius 1 is 0.712 bits per heavy atom. The van der Waals surface area contributed by atoms with E-state index in [1.807, 2.05) is 85.2 Å². The average molecular weight is 693 g/mol. The number of hydrogen-bond acceptors (Lipinski definition) is 9. The molecule has 5 aromatic heterocycles. The number of rotatable bonds is 5. The predicted molar refractivity (Wildman–Crippen MR) is 201 cm³/mol. The SMILES string of the molecule is c1cc2c(c(-c3ncc[nH]3)c1)Oc1c(c(-c3nc4ccccc4s3)c(-c3nccc4ccccc34)c(-c3cc4ccccc4o3)c1-c1nnn[nH]1)C2. The number of thiazole rings is 1. The van der Waals surface area contributed by atoms with Crippen molar-refractivity contribution in [1.29, 1.82) is 0 Å². The van der Waals surface area contributed by atoms with Crippen molar-refractivity contribution in [3.63, 3.8) is 0 Å². The molecule has 10 aromatic rings. The highest BCUT2D eigenvalue weighted by atomic mass is 32.1. The molecule has 0 unspecified atom stereocenters. The van der Waals surface area contributed by atoms with Crippen molar-refractivity contribution in [1.82, 2.24) is 40.6 Å². The van der Waals surface area contributed by atoms with E-state index in [1.54, 1.807) is 17.5 Å². The number of ether oxygens (including phenoxy) is 1. The zero-order valence-electron chi connectivity index (χ0n) is 27.2. The third kappa shape index (κ3) is 4.36. The molecular formula is C41H24N8O2S. The Labute approximate surface area is 298 Å². The number of nitrogens with one attached hydrogen (secondary N) is 2. The van der Waals surface area contributed by atoms with Crippen molar-refractivity contribution in [3.05, 3.63) is 133 Å². The fourth-order valence-corrected chi connectivity index (χ4v) is 8.45. The summed E-state index contributed by atoms with van der Waals surface area (Å²) < 4.78 is 15.0. The van der Waals surface area contributed by atoms with Crippen molar-refractivity contribution in [2.75, 3.05) is 0 Å². The number of aromatic nitrogens is 8. The number of H-pyrrole nitrogens is 2. The molecular weight excluding hydrogens is 669 g/mol. The molecule has 2 N–H and O–H groups in total. The van der Waals surface area contributed by atoms with E-state index in [-0.39, 0.29) is 0 Å². The number of furan rings is 1. The van der Waals surface area contributed by atoms with Gasteiger partial charge in [-0.25, -0.2) is 15.1 Å². The van der Waals surface area contributed by atoms with E-state index < -0.39 is 0 Å². The molecule has 246 valence electrons. The maximum absolute atomic E-state index is 7.18. The summed E-state index contributed by atoms with van der Waals surface area (Å²) >= 11 is 1.64. The quantitative estimate of drug-likeness (QED) is 0.182. The average Bonchev–Trinajstić information content (AvgIpc) is 4.03. The number of imidazole rings is 1. The Balaban J connectivity index is 1.35. The molecule has 0 saturated heterocycles. The minimum absolute atomic E-state index is 0.433. The monoisotopic (exact) mass is 692 g/mol.